The summed E-state index contributed by atoms with van der Waals surface area (Å²) >= 11 is 1.63. The van der Waals surface area contributed by atoms with Crippen molar-refractivity contribution in [2.45, 2.75) is 26.7 Å². The van der Waals surface area contributed by atoms with Crippen LogP contribution in [0.3, 0.4) is 0 Å². The van der Waals surface area contributed by atoms with Crippen LogP contribution in [-0.2, 0) is 9.59 Å². The third-order valence-electron chi connectivity index (χ3n) is 4.38. The molecular weight excluding hydrogens is 322 g/mol. The van der Waals surface area contributed by atoms with Crippen molar-refractivity contribution in [2.75, 3.05) is 18.4 Å². The molecule has 1 aromatic carbocycles. The Morgan fingerprint density at radius 3 is 2.42 bits per heavy atom. The number of thiazole rings is 1. The first-order valence-electron chi connectivity index (χ1n) is 8.12. The highest BCUT2D eigenvalue weighted by Gasteiger charge is 2.25. The van der Waals surface area contributed by atoms with Gasteiger partial charge in [-0.1, -0.05) is 12.1 Å². The number of nitrogens with one attached hydrogen (secondary N) is 1. The van der Waals surface area contributed by atoms with Crippen molar-refractivity contribution >= 4 is 28.8 Å². The number of anilines is 1. The van der Waals surface area contributed by atoms with Crippen LogP contribution in [0, 0.1) is 12.8 Å². The fourth-order valence-corrected chi connectivity index (χ4v) is 3.54. The van der Waals surface area contributed by atoms with E-state index in [1.165, 1.54) is 0 Å². The second kappa shape index (κ2) is 7.13. The van der Waals surface area contributed by atoms with Gasteiger partial charge in [0, 0.05) is 42.6 Å². The molecule has 0 aliphatic carbocycles. The standard InChI is InChI=1S/C18H21N3O2S/c1-12-19-17(11-24-12)14-3-5-16(6-4-14)20-18(23)15-7-9-21(10-8-15)13(2)22/h3-6,11,15H,7-10H2,1-2H3,(H,20,23). The molecule has 3 rings (SSSR count). The molecule has 0 saturated carbocycles. The van der Waals surface area contributed by atoms with Crippen LogP contribution in [0.25, 0.3) is 11.3 Å². The molecule has 0 spiro atoms. The monoisotopic (exact) mass is 343 g/mol. The van der Waals surface area contributed by atoms with Gasteiger partial charge in [0.15, 0.2) is 0 Å². The molecule has 0 unspecified atom stereocenters. The van der Waals surface area contributed by atoms with Crippen LogP contribution in [-0.4, -0.2) is 34.8 Å². The topological polar surface area (TPSA) is 62.3 Å². The van der Waals surface area contributed by atoms with Gasteiger partial charge in [0.25, 0.3) is 0 Å². The van der Waals surface area contributed by atoms with Crippen LogP contribution in [0.5, 0.6) is 0 Å². The molecule has 1 aliphatic heterocycles. The summed E-state index contributed by atoms with van der Waals surface area (Å²) in [4.78, 5) is 30.0. The number of rotatable bonds is 3. The zero-order chi connectivity index (χ0) is 17.1. The molecule has 1 fully saturated rings. The summed E-state index contributed by atoms with van der Waals surface area (Å²) < 4.78 is 0. The Kier molecular flexibility index (Phi) is 4.94. The number of piperidine rings is 1. The lowest BCUT2D eigenvalue weighted by atomic mass is 9.95. The number of aryl methyl sites for hydroxylation is 1. The largest absolute Gasteiger partial charge is 0.343 e. The number of amides is 2. The van der Waals surface area contributed by atoms with Gasteiger partial charge in [-0.2, -0.15) is 0 Å². The van der Waals surface area contributed by atoms with E-state index in [0.717, 1.165) is 34.8 Å². The van der Waals surface area contributed by atoms with Gasteiger partial charge in [0.05, 0.1) is 10.7 Å². The van der Waals surface area contributed by atoms with Crippen molar-refractivity contribution in [3.05, 3.63) is 34.7 Å². The Morgan fingerprint density at radius 2 is 1.88 bits per heavy atom. The van der Waals surface area contributed by atoms with Crippen molar-refractivity contribution in [3.63, 3.8) is 0 Å². The Bertz CT molecular complexity index is 731. The SMILES string of the molecule is CC(=O)N1CCC(C(=O)Nc2ccc(-c3csc(C)n3)cc2)CC1. The Morgan fingerprint density at radius 1 is 1.21 bits per heavy atom. The average Bonchev–Trinajstić information content (AvgIpc) is 3.02. The molecule has 6 heteroatoms. The highest BCUT2D eigenvalue weighted by Crippen LogP contribution is 2.24. The van der Waals surface area contributed by atoms with E-state index in [2.05, 4.69) is 10.3 Å². The quantitative estimate of drug-likeness (QED) is 0.930. The summed E-state index contributed by atoms with van der Waals surface area (Å²) in [6.07, 6.45) is 1.45. The fourth-order valence-electron chi connectivity index (χ4n) is 2.92. The molecule has 0 atom stereocenters. The first-order chi connectivity index (χ1) is 11.5. The van der Waals surface area contributed by atoms with E-state index in [1.54, 1.807) is 23.2 Å². The van der Waals surface area contributed by atoms with Gasteiger partial charge >= 0.3 is 0 Å². The number of hydrogen-bond donors (Lipinski definition) is 1. The lowest BCUT2D eigenvalue weighted by Crippen LogP contribution is -2.40. The van der Waals surface area contributed by atoms with Crippen molar-refractivity contribution in [2.24, 2.45) is 5.92 Å². The maximum Gasteiger partial charge on any atom is 0.227 e. The third-order valence-corrected chi connectivity index (χ3v) is 5.15. The molecule has 1 saturated heterocycles. The summed E-state index contributed by atoms with van der Waals surface area (Å²) in [7, 11) is 0. The van der Waals surface area contributed by atoms with E-state index in [9.17, 15) is 9.59 Å². The van der Waals surface area contributed by atoms with Gasteiger partial charge < -0.3 is 10.2 Å². The van der Waals surface area contributed by atoms with E-state index < -0.39 is 0 Å². The normalized spacial score (nSPS) is 15.3. The smallest absolute Gasteiger partial charge is 0.227 e. The highest BCUT2D eigenvalue weighted by atomic mass is 32.1. The number of nitrogens with zero attached hydrogens (tertiary/aromatic N) is 2. The molecule has 24 heavy (non-hydrogen) atoms. The molecule has 2 heterocycles. The number of likely N-dealkylation sites (tertiary alicyclic amines) is 1. The number of hydrogen-bond acceptors (Lipinski definition) is 4. The van der Waals surface area contributed by atoms with Crippen molar-refractivity contribution in [1.82, 2.24) is 9.88 Å². The summed E-state index contributed by atoms with van der Waals surface area (Å²) in [6.45, 7) is 4.89. The maximum absolute atomic E-state index is 12.4. The fraction of sp³-hybridized carbons (Fsp3) is 0.389. The van der Waals surface area contributed by atoms with Gasteiger partial charge in [-0.25, -0.2) is 4.98 Å². The molecular formula is C18H21N3O2S. The Balaban J connectivity index is 1.58. The van der Waals surface area contributed by atoms with Crippen LogP contribution < -0.4 is 5.32 Å². The molecule has 1 N–H and O–H groups in total. The summed E-state index contributed by atoms with van der Waals surface area (Å²) in [5.41, 5.74) is 2.81. The second-order valence-electron chi connectivity index (χ2n) is 6.10. The number of aromatic nitrogens is 1. The molecule has 2 amide bonds. The van der Waals surface area contributed by atoms with Crippen LogP contribution in [0.2, 0.25) is 0 Å². The number of carbonyl (C=O) groups excluding carboxylic acids is 2. The predicted octanol–water partition coefficient (Wildman–Crippen LogP) is 3.32. The molecule has 126 valence electrons. The van der Waals surface area contributed by atoms with Crippen molar-refractivity contribution < 1.29 is 9.59 Å². The van der Waals surface area contributed by atoms with E-state index in [4.69, 9.17) is 0 Å². The minimum atomic E-state index is -0.0264. The van der Waals surface area contributed by atoms with Crippen LogP contribution in [0.1, 0.15) is 24.8 Å². The van der Waals surface area contributed by atoms with E-state index in [0.29, 0.717) is 13.1 Å². The molecule has 1 aliphatic rings. The predicted molar refractivity (Wildman–Crippen MR) is 95.9 cm³/mol. The third kappa shape index (κ3) is 3.82. The van der Waals surface area contributed by atoms with Crippen LogP contribution in [0.15, 0.2) is 29.6 Å². The molecule has 5 nitrogen and oxygen atoms in total. The van der Waals surface area contributed by atoms with Gasteiger partial charge in [-0.05, 0) is 31.9 Å². The van der Waals surface area contributed by atoms with Crippen LogP contribution >= 0.6 is 11.3 Å². The van der Waals surface area contributed by atoms with E-state index >= 15 is 0 Å². The van der Waals surface area contributed by atoms with E-state index in [1.807, 2.05) is 36.6 Å². The van der Waals surface area contributed by atoms with Crippen LogP contribution in [0.4, 0.5) is 5.69 Å². The van der Waals surface area contributed by atoms with Gasteiger partial charge in [0.1, 0.15) is 0 Å². The maximum atomic E-state index is 12.4. The Labute approximate surface area is 145 Å². The van der Waals surface area contributed by atoms with E-state index in [-0.39, 0.29) is 17.7 Å². The van der Waals surface area contributed by atoms with Gasteiger partial charge in [0.2, 0.25) is 11.8 Å². The molecule has 2 aromatic rings. The van der Waals surface area contributed by atoms with Gasteiger partial charge in [-0.15, -0.1) is 11.3 Å². The first-order valence-corrected chi connectivity index (χ1v) is 9.00. The lowest BCUT2D eigenvalue weighted by Gasteiger charge is -2.30. The highest BCUT2D eigenvalue weighted by molar-refractivity contribution is 7.09. The molecule has 0 bridgehead atoms. The molecule has 0 radical (unpaired) electrons. The summed E-state index contributed by atoms with van der Waals surface area (Å²) in [6, 6.07) is 7.77. The average molecular weight is 343 g/mol. The number of carbonyl (C=O) groups is 2. The minimum absolute atomic E-state index is 0.0264. The summed E-state index contributed by atoms with van der Waals surface area (Å²) in [5.74, 6) is 0.0960. The number of benzene rings is 1. The van der Waals surface area contributed by atoms with Crippen molar-refractivity contribution in [1.29, 1.82) is 0 Å². The lowest BCUT2D eigenvalue weighted by molar-refractivity contribution is -0.132. The van der Waals surface area contributed by atoms with Crippen molar-refractivity contribution in [3.8, 4) is 11.3 Å². The molecule has 1 aromatic heterocycles. The second-order valence-corrected chi connectivity index (χ2v) is 7.16. The minimum Gasteiger partial charge on any atom is -0.343 e. The zero-order valence-corrected chi connectivity index (χ0v) is 14.7. The zero-order valence-electron chi connectivity index (χ0n) is 13.9. The van der Waals surface area contributed by atoms with Gasteiger partial charge in [-0.3, -0.25) is 9.59 Å². The Hall–Kier alpha value is -2.21. The summed E-state index contributed by atoms with van der Waals surface area (Å²) in [5, 5.41) is 6.05. The first kappa shape index (κ1) is 16.6.